The van der Waals surface area contributed by atoms with Gasteiger partial charge in [0.05, 0.1) is 6.04 Å². The molecule has 3 rings (SSSR count). The predicted molar refractivity (Wildman–Crippen MR) is 78.6 cm³/mol. The summed E-state index contributed by atoms with van der Waals surface area (Å²) < 4.78 is 0. The topological polar surface area (TPSA) is 83.6 Å². The van der Waals surface area contributed by atoms with Crippen molar-refractivity contribution in [3.63, 3.8) is 0 Å². The Morgan fingerprint density at radius 1 is 1.29 bits per heavy atom. The number of carbonyl (C=O) groups is 1. The van der Waals surface area contributed by atoms with Crippen molar-refractivity contribution in [1.82, 2.24) is 25.7 Å². The molecular weight excluding hydrogens is 266 g/mol. The molecular formula is C15H15N5O. The SMILES string of the molecule is CCC(NC(=O)c1ccc2n[nH]nc2c1)c1cccnc1. The van der Waals surface area contributed by atoms with Crippen molar-refractivity contribution in [3.05, 3.63) is 53.9 Å². The Labute approximate surface area is 121 Å². The van der Waals surface area contributed by atoms with Crippen molar-refractivity contribution in [3.8, 4) is 0 Å². The maximum Gasteiger partial charge on any atom is 0.251 e. The molecule has 21 heavy (non-hydrogen) atoms. The lowest BCUT2D eigenvalue weighted by atomic mass is 10.1. The normalized spacial score (nSPS) is 12.2. The van der Waals surface area contributed by atoms with Crippen LogP contribution in [-0.4, -0.2) is 26.3 Å². The van der Waals surface area contributed by atoms with Gasteiger partial charge in [0.15, 0.2) is 0 Å². The van der Waals surface area contributed by atoms with Gasteiger partial charge in [0.1, 0.15) is 11.0 Å². The van der Waals surface area contributed by atoms with E-state index in [4.69, 9.17) is 0 Å². The van der Waals surface area contributed by atoms with E-state index in [1.165, 1.54) is 0 Å². The number of carbonyl (C=O) groups excluding carboxylic acids is 1. The molecule has 6 heteroatoms. The molecule has 2 N–H and O–H groups in total. The molecule has 0 radical (unpaired) electrons. The van der Waals surface area contributed by atoms with Crippen molar-refractivity contribution in [2.75, 3.05) is 0 Å². The lowest BCUT2D eigenvalue weighted by Gasteiger charge is -2.17. The number of H-pyrrole nitrogens is 1. The Kier molecular flexibility index (Phi) is 3.59. The van der Waals surface area contributed by atoms with Crippen LogP contribution in [0.15, 0.2) is 42.7 Å². The standard InChI is InChI=1S/C15H15N5O/c1-2-12(11-4-3-7-16-9-11)17-15(21)10-5-6-13-14(8-10)19-20-18-13/h3-9,12H,2H2,1H3,(H,17,21)(H,18,19,20). The number of fused-ring (bicyclic) bond motifs is 1. The molecule has 0 aliphatic rings. The highest BCUT2D eigenvalue weighted by Gasteiger charge is 2.15. The summed E-state index contributed by atoms with van der Waals surface area (Å²) in [4.78, 5) is 16.5. The third-order valence-corrected chi connectivity index (χ3v) is 3.38. The number of aromatic nitrogens is 4. The van der Waals surface area contributed by atoms with E-state index in [2.05, 4.69) is 25.7 Å². The summed E-state index contributed by atoms with van der Waals surface area (Å²) in [5, 5.41) is 13.5. The van der Waals surface area contributed by atoms with Crippen LogP contribution in [0.25, 0.3) is 11.0 Å². The molecule has 0 aliphatic carbocycles. The molecule has 1 unspecified atom stereocenters. The van der Waals surface area contributed by atoms with Gasteiger partial charge in [-0.15, -0.1) is 0 Å². The third kappa shape index (κ3) is 2.74. The van der Waals surface area contributed by atoms with Gasteiger partial charge in [0.25, 0.3) is 5.91 Å². The van der Waals surface area contributed by atoms with E-state index in [1.807, 2.05) is 19.1 Å². The Balaban J connectivity index is 1.81. The summed E-state index contributed by atoms with van der Waals surface area (Å²) in [5.74, 6) is -0.129. The first kappa shape index (κ1) is 13.2. The molecule has 0 saturated carbocycles. The van der Waals surface area contributed by atoms with Crippen molar-refractivity contribution in [1.29, 1.82) is 0 Å². The molecule has 106 valence electrons. The molecule has 0 saturated heterocycles. The summed E-state index contributed by atoms with van der Waals surface area (Å²) in [6.45, 7) is 2.03. The van der Waals surface area contributed by atoms with Crippen LogP contribution in [0.5, 0.6) is 0 Å². The van der Waals surface area contributed by atoms with Gasteiger partial charge in [0.2, 0.25) is 0 Å². The number of aromatic amines is 1. The summed E-state index contributed by atoms with van der Waals surface area (Å²) >= 11 is 0. The van der Waals surface area contributed by atoms with Crippen LogP contribution in [0, 0.1) is 0 Å². The minimum atomic E-state index is -0.129. The number of rotatable bonds is 4. The average Bonchev–Trinajstić information content (AvgIpc) is 3.00. The largest absolute Gasteiger partial charge is 0.345 e. The van der Waals surface area contributed by atoms with Gasteiger partial charge >= 0.3 is 0 Å². The van der Waals surface area contributed by atoms with Gasteiger partial charge in [-0.25, -0.2) is 0 Å². The van der Waals surface area contributed by atoms with E-state index in [9.17, 15) is 4.79 Å². The lowest BCUT2D eigenvalue weighted by molar-refractivity contribution is 0.0935. The second-order valence-electron chi connectivity index (χ2n) is 4.75. The van der Waals surface area contributed by atoms with Crippen molar-refractivity contribution in [2.24, 2.45) is 0 Å². The van der Waals surface area contributed by atoms with Gasteiger partial charge in [-0.2, -0.15) is 15.4 Å². The van der Waals surface area contributed by atoms with E-state index < -0.39 is 0 Å². The van der Waals surface area contributed by atoms with Crippen LogP contribution < -0.4 is 5.32 Å². The van der Waals surface area contributed by atoms with E-state index in [0.29, 0.717) is 11.1 Å². The van der Waals surface area contributed by atoms with Gasteiger partial charge < -0.3 is 5.32 Å². The zero-order valence-electron chi connectivity index (χ0n) is 11.6. The number of amides is 1. The fraction of sp³-hybridized carbons (Fsp3) is 0.200. The molecule has 1 amide bonds. The fourth-order valence-electron chi connectivity index (χ4n) is 2.23. The number of pyridine rings is 1. The summed E-state index contributed by atoms with van der Waals surface area (Å²) in [6, 6.07) is 9.02. The van der Waals surface area contributed by atoms with E-state index >= 15 is 0 Å². The van der Waals surface area contributed by atoms with Gasteiger partial charge in [-0.05, 0) is 36.2 Å². The maximum atomic E-state index is 12.4. The van der Waals surface area contributed by atoms with Crippen molar-refractivity contribution < 1.29 is 4.79 Å². The van der Waals surface area contributed by atoms with E-state index in [-0.39, 0.29) is 11.9 Å². The molecule has 1 atom stereocenters. The van der Waals surface area contributed by atoms with Crippen LogP contribution in [0.1, 0.15) is 35.3 Å². The zero-order chi connectivity index (χ0) is 14.7. The first-order chi connectivity index (χ1) is 10.3. The summed E-state index contributed by atoms with van der Waals surface area (Å²) in [5.41, 5.74) is 2.98. The van der Waals surface area contributed by atoms with E-state index in [0.717, 1.165) is 17.5 Å². The molecule has 0 bridgehead atoms. The van der Waals surface area contributed by atoms with Gasteiger partial charge in [-0.3, -0.25) is 9.78 Å². The monoisotopic (exact) mass is 281 g/mol. The summed E-state index contributed by atoms with van der Waals surface area (Å²) in [7, 11) is 0. The molecule has 1 aromatic carbocycles. The Hall–Kier alpha value is -2.76. The molecule has 6 nitrogen and oxygen atoms in total. The van der Waals surface area contributed by atoms with Gasteiger partial charge in [0, 0.05) is 18.0 Å². The number of nitrogens with one attached hydrogen (secondary N) is 2. The van der Waals surface area contributed by atoms with Crippen LogP contribution in [0.3, 0.4) is 0 Å². The minimum Gasteiger partial charge on any atom is -0.345 e. The van der Waals surface area contributed by atoms with Crippen LogP contribution >= 0.6 is 0 Å². The predicted octanol–water partition coefficient (Wildman–Crippen LogP) is 2.23. The second-order valence-corrected chi connectivity index (χ2v) is 4.75. The third-order valence-electron chi connectivity index (χ3n) is 3.38. The first-order valence-corrected chi connectivity index (χ1v) is 6.79. The van der Waals surface area contributed by atoms with Crippen LogP contribution in [0.4, 0.5) is 0 Å². The highest BCUT2D eigenvalue weighted by atomic mass is 16.1. The average molecular weight is 281 g/mol. The zero-order valence-corrected chi connectivity index (χ0v) is 11.6. The van der Waals surface area contributed by atoms with Crippen molar-refractivity contribution >= 4 is 16.9 Å². The Morgan fingerprint density at radius 3 is 2.90 bits per heavy atom. The van der Waals surface area contributed by atoms with Gasteiger partial charge in [-0.1, -0.05) is 13.0 Å². The fourth-order valence-corrected chi connectivity index (χ4v) is 2.23. The highest BCUT2D eigenvalue weighted by Crippen LogP contribution is 2.17. The Morgan fingerprint density at radius 2 is 2.14 bits per heavy atom. The number of hydrogen-bond donors (Lipinski definition) is 2. The maximum absolute atomic E-state index is 12.4. The smallest absolute Gasteiger partial charge is 0.251 e. The quantitative estimate of drug-likeness (QED) is 0.768. The minimum absolute atomic E-state index is 0.0563. The first-order valence-electron chi connectivity index (χ1n) is 6.79. The lowest BCUT2D eigenvalue weighted by Crippen LogP contribution is -2.28. The number of benzene rings is 1. The van der Waals surface area contributed by atoms with Crippen LogP contribution in [0.2, 0.25) is 0 Å². The molecule has 0 aliphatic heterocycles. The van der Waals surface area contributed by atoms with Crippen molar-refractivity contribution in [2.45, 2.75) is 19.4 Å². The molecule has 2 heterocycles. The second kappa shape index (κ2) is 5.70. The molecule has 0 fully saturated rings. The van der Waals surface area contributed by atoms with Crippen LogP contribution in [-0.2, 0) is 0 Å². The van der Waals surface area contributed by atoms with E-state index in [1.54, 1.807) is 30.6 Å². The summed E-state index contributed by atoms with van der Waals surface area (Å²) in [6.07, 6.45) is 4.29. The number of hydrogen-bond acceptors (Lipinski definition) is 4. The molecule has 0 spiro atoms. The molecule has 3 aromatic rings. The Bertz CT molecular complexity index is 753. The highest BCUT2D eigenvalue weighted by molar-refractivity contribution is 5.97. The number of nitrogens with zero attached hydrogens (tertiary/aromatic N) is 3. The molecule has 2 aromatic heterocycles.